The summed E-state index contributed by atoms with van der Waals surface area (Å²) in [4.78, 5) is 27.1. The van der Waals surface area contributed by atoms with Gasteiger partial charge in [-0.2, -0.15) is 0 Å². The average Bonchev–Trinajstić information content (AvgIpc) is 3.16. The first-order valence-electron chi connectivity index (χ1n) is 6.33. The number of amides is 1. The molecule has 0 bridgehead atoms. The number of carboxylic acids is 1. The third-order valence-corrected chi connectivity index (χ3v) is 3.21. The van der Waals surface area contributed by atoms with Gasteiger partial charge in [-0.05, 0) is 37.1 Å². The van der Waals surface area contributed by atoms with Crippen LogP contribution >= 0.6 is 0 Å². The fourth-order valence-electron chi connectivity index (χ4n) is 2.12. The number of carbonyl (C=O) groups excluding carboxylic acids is 1. The van der Waals surface area contributed by atoms with E-state index >= 15 is 0 Å². The number of hydrogen-bond donors (Lipinski definition) is 2. The molecular formula is C14H13N3O3. The maximum absolute atomic E-state index is 12.3. The van der Waals surface area contributed by atoms with Crippen LogP contribution in [-0.4, -0.2) is 26.5 Å². The molecular weight excluding hydrogens is 258 g/mol. The monoisotopic (exact) mass is 271 g/mol. The third kappa shape index (κ3) is 2.27. The quantitative estimate of drug-likeness (QED) is 0.892. The van der Waals surface area contributed by atoms with E-state index in [2.05, 4.69) is 10.3 Å². The van der Waals surface area contributed by atoms with Gasteiger partial charge in [0.15, 0.2) is 5.69 Å². The molecule has 2 aromatic heterocycles. The molecule has 3 rings (SSSR count). The summed E-state index contributed by atoms with van der Waals surface area (Å²) in [6.45, 7) is 0. The molecule has 1 amide bonds. The van der Waals surface area contributed by atoms with E-state index in [-0.39, 0.29) is 17.3 Å². The lowest BCUT2D eigenvalue weighted by atomic mass is 10.2. The second kappa shape index (κ2) is 4.80. The maximum atomic E-state index is 12.3. The smallest absolute Gasteiger partial charge is 0.356 e. The van der Waals surface area contributed by atoms with Crippen molar-refractivity contribution in [2.45, 2.75) is 18.9 Å². The largest absolute Gasteiger partial charge is 0.476 e. The van der Waals surface area contributed by atoms with Crippen LogP contribution in [0.5, 0.6) is 0 Å². The zero-order valence-corrected chi connectivity index (χ0v) is 10.6. The lowest BCUT2D eigenvalue weighted by Crippen LogP contribution is -2.18. The number of carboxylic acid groups (broad SMARTS) is 1. The number of nitrogens with zero attached hydrogens (tertiary/aromatic N) is 2. The van der Waals surface area contributed by atoms with Crippen LogP contribution in [0.25, 0.3) is 0 Å². The van der Waals surface area contributed by atoms with Crippen molar-refractivity contribution in [2.24, 2.45) is 0 Å². The molecule has 20 heavy (non-hydrogen) atoms. The van der Waals surface area contributed by atoms with Crippen LogP contribution in [0.4, 0.5) is 5.69 Å². The van der Waals surface area contributed by atoms with E-state index in [0.29, 0.717) is 11.7 Å². The number of anilines is 1. The van der Waals surface area contributed by atoms with Crippen LogP contribution in [0.3, 0.4) is 0 Å². The Morgan fingerprint density at radius 1 is 1.30 bits per heavy atom. The maximum Gasteiger partial charge on any atom is 0.356 e. The number of aromatic nitrogens is 2. The second-order valence-electron chi connectivity index (χ2n) is 4.69. The van der Waals surface area contributed by atoms with Gasteiger partial charge in [0, 0.05) is 18.4 Å². The van der Waals surface area contributed by atoms with Crippen molar-refractivity contribution in [3.8, 4) is 0 Å². The first kappa shape index (κ1) is 12.4. The number of nitrogens with one attached hydrogen (secondary N) is 1. The number of pyridine rings is 1. The van der Waals surface area contributed by atoms with Crippen molar-refractivity contribution < 1.29 is 14.7 Å². The highest BCUT2D eigenvalue weighted by Gasteiger charge is 2.27. The third-order valence-electron chi connectivity index (χ3n) is 3.21. The summed E-state index contributed by atoms with van der Waals surface area (Å²) in [6, 6.07) is 7.04. The minimum atomic E-state index is -1.17. The van der Waals surface area contributed by atoms with Crippen LogP contribution in [-0.2, 0) is 0 Å². The van der Waals surface area contributed by atoms with Gasteiger partial charge in [0.1, 0.15) is 5.69 Å². The molecule has 0 atom stereocenters. The van der Waals surface area contributed by atoms with Gasteiger partial charge in [-0.15, -0.1) is 0 Å². The summed E-state index contributed by atoms with van der Waals surface area (Å²) in [5, 5.41) is 11.7. The first-order valence-corrected chi connectivity index (χ1v) is 6.33. The molecule has 2 aromatic rings. The molecule has 0 aliphatic heterocycles. The van der Waals surface area contributed by atoms with Crippen molar-refractivity contribution in [1.29, 1.82) is 0 Å². The number of hydrogen-bond acceptors (Lipinski definition) is 3. The Labute approximate surface area is 115 Å². The Morgan fingerprint density at radius 3 is 2.80 bits per heavy atom. The zero-order valence-electron chi connectivity index (χ0n) is 10.6. The van der Waals surface area contributed by atoms with Crippen molar-refractivity contribution in [2.75, 3.05) is 5.32 Å². The van der Waals surface area contributed by atoms with E-state index in [0.717, 1.165) is 12.8 Å². The lowest BCUT2D eigenvalue weighted by Gasteiger charge is -2.10. The summed E-state index contributed by atoms with van der Waals surface area (Å²) < 4.78 is 1.92. The van der Waals surface area contributed by atoms with Crippen LogP contribution < -0.4 is 5.32 Å². The lowest BCUT2D eigenvalue weighted by molar-refractivity contribution is 0.0692. The Morgan fingerprint density at radius 2 is 2.10 bits per heavy atom. The molecule has 6 heteroatoms. The SMILES string of the molecule is O=C(O)c1ncccc1NC(=O)c1cccn1C1CC1. The Kier molecular flexibility index (Phi) is 2.98. The van der Waals surface area contributed by atoms with Gasteiger partial charge >= 0.3 is 5.97 Å². The summed E-state index contributed by atoms with van der Waals surface area (Å²) in [5.74, 6) is -1.49. The Bertz CT molecular complexity index is 674. The Balaban J connectivity index is 1.86. The molecule has 1 saturated carbocycles. The topological polar surface area (TPSA) is 84.2 Å². The molecule has 1 fully saturated rings. The number of carbonyl (C=O) groups is 2. The molecule has 0 radical (unpaired) electrons. The molecule has 2 heterocycles. The van der Waals surface area contributed by atoms with Gasteiger partial charge in [0.25, 0.3) is 5.91 Å². The molecule has 0 unspecified atom stereocenters. The summed E-state index contributed by atoms with van der Waals surface area (Å²) in [5.41, 5.74) is 0.576. The van der Waals surface area contributed by atoms with Crippen LogP contribution in [0.2, 0.25) is 0 Å². The summed E-state index contributed by atoms with van der Waals surface area (Å²) in [6.07, 6.45) is 5.39. The highest BCUT2D eigenvalue weighted by atomic mass is 16.4. The van der Waals surface area contributed by atoms with E-state index in [1.54, 1.807) is 12.1 Å². The number of aromatic carboxylic acids is 1. The normalized spacial score (nSPS) is 14.0. The zero-order chi connectivity index (χ0) is 14.1. The van der Waals surface area contributed by atoms with Crippen molar-refractivity contribution in [3.63, 3.8) is 0 Å². The van der Waals surface area contributed by atoms with Gasteiger partial charge < -0.3 is 15.0 Å². The van der Waals surface area contributed by atoms with Gasteiger partial charge in [0.05, 0.1) is 5.69 Å². The molecule has 2 N–H and O–H groups in total. The van der Waals surface area contributed by atoms with E-state index in [9.17, 15) is 9.59 Å². The van der Waals surface area contributed by atoms with Gasteiger partial charge in [-0.3, -0.25) is 4.79 Å². The van der Waals surface area contributed by atoms with Gasteiger partial charge in [-0.1, -0.05) is 0 Å². The molecule has 0 aromatic carbocycles. The van der Waals surface area contributed by atoms with Crippen molar-refractivity contribution >= 4 is 17.6 Å². The predicted octanol–water partition coefficient (Wildman–Crippen LogP) is 2.17. The fraction of sp³-hybridized carbons (Fsp3) is 0.214. The van der Waals surface area contributed by atoms with E-state index in [1.165, 1.54) is 12.3 Å². The van der Waals surface area contributed by atoms with Crippen LogP contribution in [0.15, 0.2) is 36.7 Å². The minimum absolute atomic E-state index is 0.162. The molecule has 102 valence electrons. The predicted molar refractivity (Wildman–Crippen MR) is 71.9 cm³/mol. The first-order chi connectivity index (χ1) is 9.66. The molecule has 6 nitrogen and oxygen atoms in total. The fourth-order valence-corrected chi connectivity index (χ4v) is 2.12. The van der Waals surface area contributed by atoms with Crippen molar-refractivity contribution in [1.82, 2.24) is 9.55 Å². The van der Waals surface area contributed by atoms with Gasteiger partial charge in [0.2, 0.25) is 0 Å². The minimum Gasteiger partial charge on any atom is -0.476 e. The summed E-state index contributed by atoms with van der Waals surface area (Å²) >= 11 is 0. The van der Waals surface area contributed by atoms with Crippen molar-refractivity contribution in [3.05, 3.63) is 48.0 Å². The van der Waals surface area contributed by atoms with E-state index in [4.69, 9.17) is 5.11 Å². The van der Waals surface area contributed by atoms with E-state index in [1.807, 2.05) is 16.8 Å². The summed E-state index contributed by atoms with van der Waals surface area (Å²) in [7, 11) is 0. The van der Waals surface area contributed by atoms with E-state index < -0.39 is 5.97 Å². The molecule has 0 saturated heterocycles. The highest BCUT2D eigenvalue weighted by Crippen LogP contribution is 2.36. The standard InChI is InChI=1S/C14H13N3O3/c18-13(11-4-2-8-17(11)9-5-6-9)16-10-3-1-7-15-12(10)14(19)20/h1-4,7-9H,5-6H2,(H,16,18)(H,19,20). The van der Waals surface area contributed by atoms with Crippen LogP contribution in [0.1, 0.15) is 39.9 Å². The molecule has 1 aliphatic carbocycles. The highest BCUT2D eigenvalue weighted by molar-refractivity contribution is 6.06. The Hall–Kier alpha value is -2.63. The van der Waals surface area contributed by atoms with Crippen LogP contribution in [0, 0.1) is 0 Å². The second-order valence-corrected chi connectivity index (χ2v) is 4.69. The van der Waals surface area contributed by atoms with Gasteiger partial charge in [-0.25, -0.2) is 9.78 Å². The average molecular weight is 271 g/mol. The molecule has 0 spiro atoms. The number of rotatable bonds is 4. The molecule has 1 aliphatic rings.